The highest BCUT2D eigenvalue weighted by atomic mass is 32.1. The second kappa shape index (κ2) is 9.45. The number of aliphatic imine (C=N–C) groups is 1. The van der Waals surface area contributed by atoms with E-state index in [9.17, 15) is 5.11 Å². The molecule has 1 aromatic carbocycles. The zero-order valence-corrected chi connectivity index (χ0v) is 15.5. The molecule has 2 aromatic rings. The van der Waals surface area contributed by atoms with Gasteiger partial charge in [0.15, 0.2) is 5.96 Å². The number of guanidine groups is 1. The fourth-order valence-electron chi connectivity index (χ4n) is 2.38. The molecule has 0 spiro atoms. The molecule has 0 bridgehead atoms. The van der Waals surface area contributed by atoms with Crippen LogP contribution in [0.25, 0.3) is 0 Å². The number of hydrogen-bond donors (Lipinski definition) is 2. The summed E-state index contributed by atoms with van der Waals surface area (Å²) in [5.74, 6) is 0.834. The third-order valence-corrected chi connectivity index (χ3v) is 4.78. The van der Waals surface area contributed by atoms with Crippen molar-refractivity contribution in [2.45, 2.75) is 26.4 Å². The lowest BCUT2D eigenvalue weighted by molar-refractivity contribution is 0.186. The first-order valence-corrected chi connectivity index (χ1v) is 9.24. The van der Waals surface area contributed by atoms with E-state index < -0.39 is 6.10 Å². The second-order valence-electron chi connectivity index (χ2n) is 5.87. The van der Waals surface area contributed by atoms with E-state index in [1.54, 1.807) is 11.3 Å². The Hall–Kier alpha value is -1.85. The van der Waals surface area contributed by atoms with Gasteiger partial charge in [-0.3, -0.25) is 4.99 Å². The first-order valence-electron chi connectivity index (χ1n) is 8.36. The number of benzene rings is 1. The molecule has 2 rings (SSSR count). The highest BCUT2D eigenvalue weighted by Gasteiger charge is 2.10. The van der Waals surface area contributed by atoms with E-state index in [-0.39, 0.29) is 0 Å². The van der Waals surface area contributed by atoms with Crippen molar-refractivity contribution in [1.82, 2.24) is 10.2 Å². The Morgan fingerprint density at radius 1 is 1.29 bits per heavy atom. The third kappa shape index (κ3) is 5.65. The van der Waals surface area contributed by atoms with Crippen molar-refractivity contribution in [2.24, 2.45) is 4.99 Å². The molecule has 2 N–H and O–H groups in total. The van der Waals surface area contributed by atoms with Gasteiger partial charge in [0.2, 0.25) is 0 Å². The van der Waals surface area contributed by atoms with Crippen LogP contribution >= 0.6 is 11.3 Å². The van der Waals surface area contributed by atoms with Crippen LogP contribution in [0, 0.1) is 6.92 Å². The van der Waals surface area contributed by atoms with Gasteiger partial charge in [0.05, 0.1) is 12.6 Å². The quantitative estimate of drug-likeness (QED) is 0.598. The van der Waals surface area contributed by atoms with Crippen molar-refractivity contribution >= 4 is 17.3 Å². The van der Waals surface area contributed by atoms with Crippen molar-refractivity contribution in [3.8, 4) is 0 Å². The molecule has 1 aromatic heterocycles. The fraction of sp³-hybridized carbons (Fsp3) is 0.421. The largest absolute Gasteiger partial charge is 0.386 e. The minimum absolute atomic E-state index is 0.356. The van der Waals surface area contributed by atoms with Gasteiger partial charge in [-0.25, -0.2) is 0 Å². The highest BCUT2D eigenvalue weighted by Crippen LogP contribution is 2.14. The van der Waals surface area contributed by atoms with Gasteiger partial charge in [-0.05, 0) is 37.3 Å². The first kappa shape index (κ1) is 18.5. The molecule has 1 unspecified atom stereocenters. The summed E-state index contributed by atoms with van der Waals surface area (Å²) in [6.45, 7) is 6.16. The standard InChI is InChI=1S/C19H27N3OS/c1-4-20-19(22(3)12-11-17-6-5-13-24-17)21-14-18(23)16-9-7-15(2)8-10-16/h5-10,13,18,23H,4,11-12,14H2,1-3H3,(H,20,21). The molecule has 0 aliphatic carbocycles. The Labute approximate surface area is 148 Å². The van der Waals surface area contributed by atoms with E-state index >= 15 is 0 Å². The lowest BCUT2D eigenvalue weighted by Crippen LogP contribution is -2.40. The minimum Gasteiger partial charge on any atom is -0.386 e. The maximum Gasteiger partial charge on any atom is 0.193 e. The Balaban J connectivity index is 1.94. The summed E-state index contributed by atoms with van der Waals surface area (Å²) in [7, 11) is 2.04. The van der Waals surface area contributed by atoms with E-state index in [2.05, 4.69) is 39.6 Å². The molecule has 0 aliphatic rings. The number of rotatable bonds is 7. The number of nitrogens with zero attached hydrogens (tertiary/aromatic N) is 2. The summed E-state index contributed by atoms with van der Waals surface area (Å²) < 4.78 is 0. The predicted molar refractivity (Wildman–Crippen MR) is 103 cm³/mol. The molecule has 0 saturated carbocycles. The summed E-state index contributed by atoms with van der Waals surface area (Å²) in [4.78, 5) is 8.09. The van der Waals surface area contributed by atoms with Gasteiger partial charge in [-0.2, -0.15) is 0 Å². The van der Waals surface area contributed by atoms with Crippen molar-refractivity contribution in [2.75, 3.05) is 26.7 Å². The Morgan fingerprint density at radius 3 is 2.67 bits per heavy atom. The van der Waals surface area contributed by atoms with E-state index in [1.807, 2.05) is 38.2 Å². The molecule has 5 heteroatoms. The lowest BCUT2D eigenvalue weighted by atomic mass is 10.1. The van der Waals surface area contributed by atoms with Gasteiger partial charge in [-0.1, -0.05) is 35.9 Å². The summed E-state index contributed by atoms with van der Waals surface area (Å²) in [5.41, 5.74) is 2.09. The molecule has 130 valence electrons. The number of aryl methyl sites for hydroxylation is 1. The molecule has 24 heavy (non-hydrogen) atoms. The molecular formula is C19H27N3OS. The summed E-state index contributed by atoms with van der Waals surface area (Å²) in [6.07, 6.45) is 0.420. The minimum atomic E-state index is -0.579. The smallest absolute Gasteiger partial charge is 0.193 e. The SMILES string of the molecule is CCNC(=NCC(O)c1ccc(C)cc1)N(C)CCc1cccs1. The summed E-state index contributed by atoms with van der Waals surface area (Å²) in [5, 5.41) is 15.7. The van der Waals surface area contributed by atoms with Gasteiger partial charge in [-0.15, -0.1) is 11.3 Å². The normalized spacial score (nSPS) is 12.9. The number of hydrogen-bond acceptors (Lipinski definition) is 3. The maximum atomic E-state index is 10.3. The van der Waals surface area contributed by atoms with Gasteiger partial charge in [0, 0.05) is 25.0 Å². The van der Waals surface area contributed by atoms with Crippen LogP contribution in [-0.4, -0.2) is 42.6 Å². The van der Waals surface area contributed by atoms with Crippen LogP contribution in [0.1, 0.15) is 29.0 Å². The molecule has 1 atom stereocenters. The molecule has 4 nitrogen and oxygen atoms in total. The van der Waals surface area contributed by atoms with Gasteiger partial charge >= 0.3 is 0 Å². The zero-order valence-electron chi connectivity index (χ0n) is 14.7. The van der Waals surface area contributed by atoms with Crippen LogP contribution in [0.4, 0.5) is 0 Å². The molecule has 0 amide bonds. The van der Waals surface area contributed by atoms with E-state index in [4.69, 9.17) is 0 Å². The van der Waals surface area contributed by atoms with Gasteiger partial charge in [0.25, 0.3) is 0 Å². The number of aliphatic hydroxyl groups is 1. The van der Waals surface area contributed by atoms with Crippen LogP contribution in [-0.2, 0) is 6.42 Å². The fourth-order valence-corrected chi connectivity index (χ4v) is 3.07. The molecule has 0 saturated heterocycles. The average Bonchev–Trinajstić information content (AvgIpc) is 3.10. The van der Waals surface area contributed by atoms with Crippen molar-refractivity contribution in [3.63, 3.8) is 0 Å². The Kier molecular flexibility index (Phi) is 7.28. The number of thiophene rings is 1. The predicted octanol–water partition coefficient (Wildman–Crippen LogP) is 3.23. The number of likely N-dealkylation sites (N-methyl/N-ethyl adjacent to an activating group) is 1. The monoisotopic (exact) mass is 345 g/mol. The van der Waals surface area contributed by atoms with Crippen LogP contribution in [0.5, 0.6) is 0 Å². The van der Waals surface area contributed by atoms with Crippen LogP contribution in [0.3, 0.4) is 0 Å². The van der Waals surface area contributed by atoms with Crippen LogP contribution < -0.4 is 5.32 Å². The lowest BCUT2D eigenvalue weighted by Gasteiger charge is -2.22. The molecule has 0 aliphatic heterocycles. The van der Waals surface area contributed by atoms with E-state index in [1.165, 1.54) is 10.4 Å². The highest BCUT2D eigenvalue weighted by molar-refractivity contribution is 7.09. The summed E-state index contributed by atoms with van der Waals surface area (Å²) in [6, 6.07) is 12.2. The van der Waals surface area contributed by atoms with Gasteiger partial charge in [0.1, 0.15) is 0 Å². The summed E-state index contributed by atoms with van der Waals surface area (Å²) >= 11 is 1.78. The van der Waals surface area contributed by atoms with E-state index in [0.717, 1.165) is 31.0 Å². The van der Waals surface area contributed by atoms with Crippen LogP contribution in [0.15, 0.2) is 46.8 Å². The number of aliphatic hydroxyl groups excluding tert-OH is 1. The van der Waals surface area contributed by atoms with Gasteiger partial charge < -0.3 is 15.3 Å². The molecule has 1 heterocycles. The first-order chi connectivity index (χ1) is 11.6. The number of nitrogens with one attached hydrogen (secondary N) is 1. The zero-order chi connectivity index (χ0) is 17.4. The third-order valence-electron chi connectivity index (χ3n) is 3.85. The average molecular weight is 346 g/mol. The second-order valence-corrected chi connectivity index (χ2v) is 6.90. The van der Waals surface area contributed by atoms with E-state index in [0.29, 0.717) is 6.54 Å². The topological polar surface area (TPSA) is 47.9 Å². The van der Waals surface area contributed by atoms with Crippen LogP contribution in [0.2, 0.25) is 0 Å². The molecular weight excluding hydrogens is 318 g/mol. The maximum absolute atomic E-state index is 10.3. The van der Waals surface area contributed by atoms with Crippen molar-refractivity contribution in [3.05, 3.63) is 57.8 Å². The Morgan fingerprint density at radius 2 is 2.04 bits per heavy atom. The Bertz CT molecular complexity index is 623. The molecule has 0 radical (unpaired) electrons. The van der Waals surface area contributed by atoms with Crippen molar-refractivity contribution < 1.29 is 5.11 Å². The molecule has 0 fully saturated rings. The van der Waals surface area contributed by atoms with Crippen molar-refractivity contribution in [1.29, 1.82) is 0 Å².